The zero-order chi connectivity index (χ0) is 17.6. The second kappa shape index (κ2) is 7.66. The maximum atomic E-state index is 12.2. The number of amides is 1. The van der Waals surface area contributed by atoms with Crippen molar-refractivity contribution in [3.63, 3.8) is 0 Å². The van der Waals surface area contributed by atoms with Gasteiger partial charge in [-0.05, 0) is 35.4 Å². The number of fused-ring (bicyclic) bond motifs is 1. The van der Waals surface area contributed by atoms with E-state index in [0.717, 1.165) is 16.3 Å². The molecule has 2 aromatic carbocycles. The zero-order valence-corrected chi connectivity index (χ0v) is 13.9. The van der Waals surface area contributed by atoms with Gasteiger partial charge < -0.3 is 14.5 Å². The minimum atomic E-state index is -0.863. The van der Waals surface area contributed by atoms with Crippen molar-refractivity contribution in [2.24, 2.45) is 0 Å². The molecule has 0 unspecified atom stereocenters. The fourth-order valence-electron chi connectivity index (χ4n) is 2.63. The summed E-state index contributed by atoms with van der Waals surface area (Å²) in [5.41, 5.74) is 0.881. The largest absolute Gasteiger partial charge is 0.467 e. The number of hydrogen-bond acceptors (Lipinski definition) is 4. The lowest BCUT2D eigenvalue weighted by Gasteiger charge is -2.13. The maximum Gasteiger partial charge on any atom is 0.311 e. The van der Waals surface area contributed by atoms with Crippen LogP contribution < -0.4 is 5.32 Å². The molecule has 5 heteroatoms. The molecular weight excluding hydrogens is 318 g/mol. The second-order valence-corrected chi connectivity index (χ2v) is 5.74. The smallest absolute Gasteiger partial charge is 0.311 e. The molecule has 0 saturated carbocycles. The van der Waals surface area contributed by atoms with Crippen LogP contribution in [0.25, 0.3) is 10.8 Å². The highest BCUT2D eigenvalue weighted by atomic mass is 16.5. The van der Waals surface area contributed by atoms with Gasteiger partial charge in [-0.2, -0.15) is 0 Å². The predicted octanol–water partition coefficient (Wildman–Crippen LogP) is 3.22. The summed E-state index contributed by atoms with van der Waals surface area (Å²) < 4.78 is 10.4. The third kappa shape index (κ3) is 4.26. The third-order valence-corrected chi connectivity index (χ3v) is 3.91. The quantitative estimate of drug-likeness (QED) is 0.701. The minimum absolute atomic E-state index is 0.122. The molecule has 5 nitrogen and oxygen atoms in total. The van der Waals surface area contributed by atoms with Crippen molar-refractivity contribution in [3.05, 3.63) is 72.2 Å². The number of rotatable bonds is 6. The van der Waals surface area contributed by atoms with Crippen LogP contribution in [0, 0.1) is 0 Å². The summed E-state index contributed by atoms with van der Waals surface area (Å²) in [4.78, 5) is 24.2. The second-order valence-electron chi connectivity index (χ2n) is 5.74. The first-order valence-corrected chi connectivity index (χ1v) is 8.09. The van der Waals surface area contributed by atoms with Gasteiger partial charge >= 0.3 is 5.97 Å². The number of esters is 1. The lowest BCUT2D eigenvalue weighted by Crippen LogP contribution is -2.35. The van der Waals surface area contributed by atoms with Crippen LogP contribution in [-0.2, 0) is 27.3 Å². The van der Waals surface area contributed by atoms with E-state index in [9.17, 15) is 9.59 Å². The van der Waals surface area contributed by atoms with Crippen molar-refractivity contribution in [2.75, 3.05) is 0 Å². The Bertz CT molecular complexity index is 865. The molecule has 1 heterocycles. The summed E-state index contributed by atoms with van der Waals surface area (Å²) in [5.74, 6) is -0.151. The van der Waals surface area contributed by atoms with Crippen LogP contribution in [0.4, 0.5) is 0 Å². The highest BCUT2D eigenvalue weighted by Crippen LogP contribution is 2.19. The Morgan fingerprint density at radius 1 is 1.08 bits per heavy atom. The molecule has 0 aliphatic rings. The number of hydrogen-bond donors (Lipinski definition) is 1. The fourth-order valence-corrected chi connectivity index (χ4v) is 2.63. The van der Waals surface area contributed by atoms with Gasteiger partial charge in [0.05, 0.1) is 19.2 Å². The lowest BCUT2D eigenvalue weighted by atomic mass is 10.0. The van der Waals surface area contributed by atoms with Crippen molar-refractivity contribution in [3.8, 4) is 0 Å². The first-order valence-electron chi connectivity index (χ1n) is 8.09. The summed E-state index contributed by atoms with van der Waals surface area (Å²) >= 11 is 0. The molecule has 0 aliphatic heterocycles. The van der Waals surface area contributed by atoms with Crippen molar-refractivity contribution >= 4 is 22.6 Å². The molecule has 0 bridgehead atoms. The molecule has 1 N–H and O–H groups in total. The van der Waals surface area contributed by atoms with E-state index in [4.69, 9.17) is 9.15 Å². The van der Waals surface area contributed by atoms with Crippen molar-refractivity contribution in [1.29, 1.82) is 0 Å². The number of carbonyl (C=O) groups excluding carboxylic acids is 2. The summed E-state index contributed by atoms with van der Waals surface area (Å²) in [6.45, 7) is 1.81. The Balaban J connectivity index is 1.57. The first kappa shape index (κ1) is 16.8. The number of carbonyl (C=O) groups is 2. The average molecular weight is 337 g/mol. The van der Waals surface area contributed by atoms with Gasteiger partial charge in [0.1, 0.15) is 5.76 Å². The van der Waals surface area contributed by atoms with Crippen LogP contribution in [0.1, 0.15) is 18.2 Å². The number of nitrogens with one attached hydrogen (secondary N) is 1. The van der Waals surface area contributed by atoms with E-state index in [1.165, 1.54) is 6.26 Å². The Kier molecular flexibility index (Phi) is 5.14. The monoisotopic (exact) mass is 337 g/mol. The zero-order valence-electron chi connectivity index (χ0n) is 13.9. The van der Waals surface area contributed by atoms with Gasteiger partial charge in [-0.25, -0.2) is 0 Å². The third-order valence-electron chi connectivity index (χ3n) is 3.91. The van der Waals surface area contributed by atoms with E-state index in [1.807, 2.05) is 42.5 Å². The maximum absolute atomic E-state index is 12.2. The van der Waals surface area contributed by atoms with Gasteiger partial charge in [0, 0.05) is 0 Å². The average Bonchev–Trinajstić information content (AvgIpc) is 3.13. The van der Waals surface area contributed by atoms with Gasteiger partial charge in [0.2, 0.25) is 0 Å². The lowest BCUT2D eigenvalue weighted by molar-refractivity contribution is -0.154. The van der Waals surface area contributed by atoms with E-state index in [0.29, 0.717) is 5.76 Å². The topological polar surface area (TPSA) is 68.5 Å². The Morgan fingerprint density at radius 3 is 2.68 bits per heavy atom. The van der Waals surface area contributed by atoms with Gasteiger partial charge in [-0.3, -0.25) is 9.59 Å². The number of ether oxygens (including phenoxy) is 1. The van der Waals surface area contributed by atoms with Gasteiger partial charge in [-0.1, -0.05) is 42.5 Å². The van der Waals surface area contributed by atoms with Crippen LogP contribution in [0.3, 0.4) is 0 Å². The molecule has 3 aromatic rings. The Labute approximate surface area is 145 Å². The minimum Gasteiger partial charge on any atom is -0.467 e. The molecule has 1 amide bonds. The van der Waals surface area contributed by atoms with E-state index >= 15 is 0 Å². The van der Waals surface area contributed by atoms with E-state index in [2.05, 4.69) is 5.32 Å². The van der Waals surface area contributed by atoms with E-state index in [1.54, 1.807) is 19.1 Å². The van der Waals surface area contributed by atoms with Crippen LogP contribution in [-0.4, -0.2) is 18.0 Å². The summed E-state index contributed by atoms with van der Waals surface area (Å²) in [5, 5.41) is 4.75. The number of benzene rings is 2. The fraction of sp³-hybridized carbons (Fsp3) is 0.200. The van der Waals surface area contributed by atoms with E-state index < -0.39 is 12.1 Å². The molecule has 0 fully saturated rings. The Hall–Kier alpha value is -3.08. The first-order chi connectivity index (χ1) is 12.1. The standard InChI is InChI=1S/C20H19NO4/c1-14(20(23)21-13-17-9-5-11-24-17)25-19(22)12-16-8-4-7-15-6-2-3-10-18(15)16/h2-11,14H,12-13H2,1H3,(H,21,23)/t14-/m0/s1. The SMILES string of the molecule is C[C@H](OC(=O)Cc1cccc2ccccc12)C(=O)NCc1ccco1. The van der Waals surface area contributed by atoms with Gasteiger partial charge in [-0.15, -0.1) is 0 Å². The molecule has 1 atom stereocenters. The molecule has 1 aromatic heterocycles. The summed E-state index contributed by atoms with van der Waals surface area (Å²) in [6.07, 6.45) is 0.796. The molecule has 0 saturated heterocycles. The molecule has 0 aliphatic carbocycles. The van der Waals surface area contributed by atoms with Crippen LogP contribution in [0.2, 0.25) is 0 Å². The highest BCUT2D eigenvalue weighted by Gasteiger charge is 2.18. The van der Waals surface area contributed by atoms with Gasteiger partial charge in [0.25, 0.3) is 5.91 Å². The predicted molar refractivity (Wildman–Crippen MR) is 93.8 cm³/mol. The summed E-state index contributed by atoms with van der Waals surface area (Å²) in [6, 6.07) is 17.2. The normalized spacial score (nSPS) is 11.9. The van der Waals surface area contributed by atoms with Gasteiger partial charge in [0.15, 0.2) is 6.10 Å². The molecule has 0 spiro atoms. The number of furan rings is 1. The van der Waals surface area contributed by atoms with E-state index in [-0.39, 0.29) is 18.9 Å². The molecule has 3 rings (SSSR count). The Morgan fingerprint density at radius 2 is 1.88 bits per heavy atom. The van der Waals surface area contributed by atoms with Crippen LogP contribution >= 0.6 is 0 Å². The highest BCUT2D eigenvalue weighted by molar-refractivity contribution is 5.90. The molecule has 128 valence electrons. The van der Waals surface area contributed by atoms with Crippen molar-refractivity contribution in [1.82, 2.24) is 5.32 Å². The molecule has 0 radical (unpaired) electrons. The van der Waals surface area contributed by atoms with Crippen LogP contribution in [0.5, 0.6) is 0 Å². The van der Waals surface area contributed by atoms with Crippen molar-refractivity contribution in [2.45, 2.75) is 26.0 Å². The van der Waals surface area contributed by atoms with Crippen molar-refractivity contribution < 1.29 is 18.7 Å². The molecular formula is C20H19NO4. The van der Waals surface area contributed by atoms with Crippen LogP contribution in [0.15, 0.2) is 65.3 Å². The molecule has 25 heavy (non-hydrogen) atoms. The summed E-state index contributed by atoms with van der Waals surface area (Å²) in [7, 11) is 0.